The summed E-state index contributed by atoms with van der Waals surface area (Å²) in [4.78, 5) is 0. The van der Waals surface area contributed by atoms with E-state index in [1.54, 1.807) is 12.1 Å². The number of rotatable bonds is 5. The van der Waals surface area contributed by atoms with Crippen LogP contribution in [-0.2, 0) is 0 Å². The first-order valence-corrected chi connectivity index (χ1v) is 5.74. The van der Waals surface area contributed by atoms with Crippen molar-refractivity contribution in [2.75, 3.05) is 0 Å². The topological polar surface area (TPSA) is 26.0 Å². The highest BCUT2D eigenvalue weighted by atomic mass is 35.5. The monoisotopic (exact) mass is 229 g/mol. The van der Waals surface area contributed by atoms with E-state index in [2.05, 4.69) is 6.92 Å². The van der Waals surface area contributed by atoms with Crippen molar-refractivity contribution >= 4 is 11.6 Å². The van der Waals surface area contributed by atoms with Gasteiger partial charge in [-0.2, -0.15) is 0 Å². The Morgan fingerprint density at radius 1 is 1.40 bits per heavy atom. The van der Waals surface area contributed by atoms with Gasteiger partial charge >= 0.3 is 0 Å². The smallest absolute Gasteiger partial charge is 0.129 e. The van der Waals surface area contributed by atoms with Crippen molar-refractivity contribution in [3.8, 4) is 0 Å². The van der Waals surface area contributed by atoms with Crippen LogP contribution in [0.4, 0.5) is 4.39 Å². The van der Waals surface area contributed by atoms with E-state index in [0.717, 1.165) is 25.7 Å². The summed E-state index contributed by atoms with van der Waals surface area (Å²) < 4.78 is 13.4. The summed E-state index contributed by atoms with van der Waals surface area (Å²) in [6.45, 7) is 2.13. The molecule has 0 aromatic heterocycles. The van der Waals surface area contributed by atoms with Crippen molar-refractivity contribution in [3.63, 3.8) is 0 Å². The number of benzene rings is 1. The van der Waals surface area contributed by atoms with E-state index >= 15 is 0 Å². The molecule has 15 heavy (non-hydrogen) atoms. The summed E-state index contributed by atoms with van der Waals surface area (Å²) >= 11 is 5.92. The molecule has 1 aromatic rings. The van der Waals surface area contributed by atoms with Crippen molar-refractivity contribution in [2.24, 2.45) is 5.73 Å². The zero-order chi connectivity index (χ0) is 11.3. The maximum absolute atomic E-state index is 13.4. The molecule has 0 radical (unpaired) electrons. The van der Waals surface area contributed by atoms with Gasteiger partial charge in [0.2, 0.25) is 0 Å². The Balaban J connectivity index is 2.68. The lowest BCUT2D eigenvalue weighted by Gasteiger charge is -2.14. The quantitative estimate of drug-likeness (QED) is 0.758. The summed E-state index contributed by atoms with van der Waals surface area (Å²) in [5, 5.41) is 0.430. The van der Waals surface area contributed by atoms with E-state index in [9.17, 15) is 4.39 Å². The third kappa shape index (κ3) is 3.47. The molecule has 0 aliphatic carbocycles. The van der Waals surface area contributed by atoms with Crippen molar-refractivity contribution in [1.29, 1.82) is 0 Å². The van der Waals surface area contributed by atoms with Crippen molar-refractivity contribution in [2.45, 2.75) is 38.6 Å². The first-order chi connectivity index (χ1) is 7.16. The molecule has 0 bridgehead atoms. The van der Waals surface area contributed by atoms with Crippen LogP contribution >= 0.6 is 11.6 Å². The second-order valence-corrected chi connectivity index (χ2v) is 4.14. The molecule has 1 aromatic carbocycles. The van der Waals surface area contributed by atoms with E-state index in [1.807, 2.05) is 0 Å². The SMILES string of the molecule is CCCCC[C@@H](N)c1c(F)cccc1Cl. The second kappa shape index (κ2) is 6.09. The van der Waals surface area contributed by atoms with Crippen LogP contribution in [0.2, 0.25) is 5.02 Å². The molecular formula is C12H17ClFN. The number of halogens is 2. The second-order valence-electron chi connectivity index (χ2n) is 3.74. The molecule has 0 aliphatic heterocycles. The molecule has 0 saturated heterocycles. The van der Waals surface area contributed by atoms with E-state index in [1.165, 1.54) is 6.07 Å². The van der Waals surface area contributed by atoms with Crippen molar-refractivity contribution in [1.82, 2.24) is 0 Å². The molecule has 0 amide bonds. The molecule has 0 unspecified atom stereocenters. The van der Waals surface area contributed by atoms with Gasteiger partial charge in [-0.3, -0.25) is 0 Å². The highest BCUT2D eigenvalue weighted by Gasteiger charge is 2.14. The third-order valence-electron chi connectivity index (χ3n) is 2.49. The van der Waals surface area contributed by atoms with Crippen LogP contribution in [0.25, 0.3) is 0 Å². The molecule has 0 spiro atoms. The zero-order valence-corrected chi connectivity index (χ0v) is 9.73. The molecule has 3 heteroatoms. The molecule has 1 rings (SSSR count). The normalized spacial score (nSPS) is 12.8. The average Bonchev–Trinajstić information content (AvgIpc) is 2.18. The third-order valence-corrected chi connectivity index (χ3v) is 2.82. The molecule has 0 saturated carbocycles. The minimum atomic E-state index is -0.300. The predicted octanol–water partition coefficient (Wildman–Crippen LogP) is 4.06. The van der Waals surface area contributed by atoms with Crippen LogP contribution in [0.15, 0.2) is 18.2 Å². The lowest BCUT2D eigenvalue weighted by atomic mass is 10.0. The number of unbranched alkanes of at least 4 members (excludes halogenated alkanes) is 2. The molecular weight excluding hydrogens is 213 g/mol. The number of hydrogen-bond donors (Lipinski definition) is 1. The average molecular weight is 230 g/mol. The van der Waals surface area contributed by atoms with Gasteiger partial charge in [-0.1, -0.05) is 43.9 Å². The Kier molecular flexibility index (Phi) is 5.06. The lowest BCUT2D eigenvalue weighted by molar-refractivity contribution is 0.539. The fourth-order valence-electron chi connectivity index (χ4n) is 1.62. The Hall–Kier alpha value is -0.600. The molecule has 84 valence electrons. The maximum atomic E-state index is 13.4. The van der Waals surface area contributed by atoms with Gasteiger partial charge in [-0.25, -0.2) is 4.39 Å². The summed E-state index contributed by atoms with van der Waals surface area (Å²) in [5.41, 5.74) is 6.37. The highest BCUT2D eigenvalue weighted by Crippen LogP contribution is 2.27. The van der Waals surface area contributed by atoms with E-state index in [-0.39, 0.29) is 11.9 Å². The molecule has 1 atom stereocenters. The van der Waals surface area contributed by atoms with Gasteiger partial charge in [0.1, 0.15) is 5.82 Å². The first kappa shape index (κ1) is 12.5. The standard InChI is InChI=1S/C12H17ClFN/c1-2-3-4-8-11(15)12-9(13)6-5-7-10(12)14/h5-7,11H,2-4,8,15H2,1H3/t11-/m1/s1. The summed E-state index contributed by atoms with van der Waals surface area (Å²) in [5.74, 6) is -0.300. The predicted molar refractivity (Wildman–Crippen MR) is 62.5 cm³/mol. The van der Waals surface area contributed by atoms with Gasteiger partial charge in [0.25, 0.3) is 0 Å². The van der Waals surface area contributed by atoms with Gasteiger partial charge in [0.05, 0.1) is 0 Å². The van der Waals surface area contributed by atoms with Crippen molar-refractivity contribution < 1.29 is 4.39 Å². The number of hydrogen-bond acceptors (Lipinski definition) is 1. The fraction of sp³-hybridized carbons (Fsp3) is 0.500. The first-order valence-electron chi connectivity index (χ1n) is 5.36. The Bertz CT molecular complexity index is 294. The van der Waals surface area contributed by atoms with Crippen LogP contribution in [0.1, 0.15) is 44.2 Å². The van der Waals surface area contributed by atoms with Gasteiger partial charge in [-0.05, 0) is 18.6 Å². The van der Waals surface area contributed by atoms with Gasteiger partial charge in [0, 0.05) is 16.6 Å². The summed E-state index contributed by atoms with van der Waals surface area (Å²) in [7, 11) is 0. The minimum Gasteiger partial charge on any atom is -0.324 e. The maximum Gasteiger partial charge on any atom is 0.129 e. The molecule has 2 N–H and O–H groups in total. The Morgan fingerprint density at radius 2 is 2.13 bits per heavy atom. The summed E-state index contributed by atoms with van der Waals surface area (Å²) in [6.07, 6.45) is 4.06. The largest absolute Gasteiger partial charge is 0.324 e. The van der Waals surface area contributed by atoms with Crippen LogP contribution in [0, 0.1) is 5.82 Å². The lowest BCUT2D eigenvalue weighted by Crippen LogP contribution is -2.12. The Morgan fingerprint density at radius 3 is 2.73 bits per heavy atom. The minimum absolute atomic E-state index is 0.287. The zero-order valence-electron chi connectivity index (χ0n) is 8.97. The Labute approximate surface area is 95.4 Å². The van der Waals surface area contributed by atoms with Gasteiger partial charge in [0.15, 0.2) is 0 Å². The van der Waals surface area contributed by atoms with E-state index in [0.29, 0.717) is 10.6 Å². The molecule has 0 aliphatic rings. The number of nitrogens with two attached hydrogens (primary N) is 1. The van der Waals surface area contributed by atoms with E-state index < -0.39 is 0 Å². The van der Waals surface area contributed by atoms with Gasteiger partial charge in [-0.15, -0.1) is 0 Å². The molecule has 0 heterocycles. The van der Waals surface area contributed by atoms with Crippen LogP contribution < -0.4 is 5.73 Å². The van der Waals surface area contributed by atoms with Crippen LogP contribution in [-0.4, -0.2) is 0 Å². The van der Waals surface area contributed by atoms with Gasteiger partial charge < -0.3 is 5.73 Å². The van der Waals surface area contributed by atoms with Crippen LogP contribution in [0.5, 0.6) is 0 Å². The summed E-state index contributed by atoms with van der Waals surface area (Å²) in [6, 6.07) is 4.39. The highest BCUT2D eigenvalue weighted by molar-refractivity contribution is 6.31. The van der Waals surface area contributed by atoms with Crippen molar-refractivity contribution in [3.05, 3.63) is 34.6 Å². The van der Waals surface area contributed by atoms with Crippen LogP contribution in [0.3, 0.4) is 0 Å². The fourth-order valence-corrected chi connectivity index (χ4v) is 1.93. The van der Waals surface area contributed by atoms with E-state index in [4.69, 9.17) is 17.3 Å². The molecule has 0 fully saturated rings. The molecule has 1 nitrogen and oxygen atoms in total.